The predicted octanol–water partition coefficient (Wildman–Crippen LogP) is 4.24. The number of fused-ring (bicyclic) bond motifs is 2. The lowest BCUT2D eigenvalue weighted by atomic mass is 9.65. The summed E-state index contributed by atoms with van der Waals surface area (Å²) >= 11 is 0. The first-order valence-corrected chi connectivity index (χ1v) is 9.94. The van der Waals surface area contributed by atoms with Crippen LogP contribution in [0.5, 0.6) is 0 Å². The Bertz CT molecular complexity index is 738. The normalized spacial score (nSPS) is 27.2. The van der Waals surface area contributed by atoms with E-state index in [9.17, 15) is 9.59 Å². The third kappa shape index (κ3) is 4.12. The van der Waals surface area contributed by atoms with E-state index in [2.05, 4.69) is 31.4 Å². The number of carbonyl (C=O) groups excluding carboxylic acids is 2. The van der Waals surface area contributed by atoms with Gasteiger partial charge in [0.1, 0.15) is 6.04 Å². The van der Waals surface area contributed by atoms with Gasteiger partial charge in [-0.3, -0.25) is 4.79 Å². The molecule has 3 amide bonds. The van der Waals surface area contributed by atoms with E-state index < -0.39 is 6.04 Å². The Hall–Kier alpha value is -2.04. The molecule has 1 saturated heterocycles. The van der Waals surface area contributed by atoms with Crippen LogP contribution in [0.25, 0.3) is 0 Å². The molecule has 3 atom stereocenters. The average Bonchev–Trinajstić information content (AvgIpc) is 2.79. The highest BCUT2D eigenvalue weighted by Gasteiger charge is 2.51. The van der Waals surface area contributed by atoms with E-state index in [1.807, 2.05) is 36.9 Å². The Labute approximate surface area is 162 Å². The maximum absolute atomic E-state index is 13.0. The van der Waals surface area contributed by atoms with Crippen LogP contribution in [0.1, 0.15) is 58.1 Å². The average molecular weight is 372 g/mol. The fraction of sp³-hybridized carbons (Fsp3) is 0.636. The molecule has 0 spiro atoms. The molecular weight excluding hydrogens is 338 g/mol. The van der Waals surface area contributed by atoms with Gasteiger partial charge in [0.25, 0.3) is 0 Å². The van der Waals surface area contributed by atoms with Crippen LogP contribution in [-0.4, -0.2) is 35.5 Å². The molecule has 1 aromatic rings. The van der Waals surface area contributed by atoms with Gasteiger partial charge in [0.15, 0.2) is 0 Å². The number of benzene rings is 1. The van der Waals surface area contributed by atoms with Crippen molar-refractivity contribution in [2.24, 2.45) is 10.8 Å². The summed E-state index contributed by atoms with van der Waals surface area (Å²) in [6.45, 7) is 13.4. The van der Waals surface area contributed by atoms with Crippen LogP contribution in [0.15, 0.2) is 18.2 Å². The number of hydrogen-bond acceptors (Lipinski definition) is 2. The Morgan fingerprint density at radius 3 is 2.41 bits per heavy atom. The van der Waals surface area contributed by atoms with Gasteiger partial charge in [0.2, 0.25) is 5.91 Å². The van der Waals surface area contributed by atoms with Crippen LogP contribution >= 0.6 is 0 Å². The molecule has 2 aliphatic rings. The van der Waals surface area contributed by atoms with E-state index >= 15 is 0 Å². The Kier molecular flexibility index (Phi) is 5.00. The standard InChI is InChI=1S/C22H33N3O2/c1-14-8-7-9-15(2)18(14)24-20(27)23-16(3)19(26)25-13-22(6)11-17(25)10-21(4,5)12-22/h7-9,16-17H,10-13H2,1-6H3,(H2,23,24,27). The molecule has 1 heterocycles. The van der Waals surface area contributed by atoms with Crippen LogP contribution in [0.2, 0.25) is 0 Å². The van der Waals surface area contributed by atoms with Gasteiger partial charge in [-0.15, -0.1) is 0 Å². The van der Waals surface area contributed by atoms with Crippen molar-refractivity contribution < 1.29 is 9.59 Å². The number of para-hydroxylation sites is 1. The first-order chi connectivity index (χ1) is 12.5. The van der Waals surface area contributed by atoms with Crippen molar-refractivity contribution in [3.63, 3.8) is 0 Å². The van der Waals surface area contributed by atoms with Crippen molar-refractivity contribution in [2.75, 3.05) is 11.9 Å². The molecule has 0 radical (unpaired) electrons. The molecule has 1 aromatic carbocycles. The van der Waals surface area contributed by atoms with Gasteiger partial charge in [0, 0.05) is 18.3 Å². The summed E-state index contributed by atoms with van der Waals surface area (Å²) in [7, 11) is 0. The van der Waals surface area contributed by atoms with E-state index in [0.29, 0.717) is 0 Å². The van der Waals surface area contributed by atoms with Crippen LogP contribution in [0.3, 0.4) is 0 Å². The maximum Gasteiger partial charge on any atom is 0.319 e. The van der Waals surface area contributed by atoms with Crippen LogP contribution in [0.4, 0.5) is 10.5 Å². The zero-order chi connectivity index (χ0) is 20.0. The van der Waals surface area contributed by atoms with Crippen LogP contribution in [0, 0.1) is 24.7 Å². The van der Waals surface area contributed by atoms with E-state index in [-0.39, 0.29) is 28.8 Å². The highest BCUT2D eigenvalue weighted by atomic mass is 16.2. The highest BCUT2D eigenvalue weighted by molar-refractivity contribution is 5.94. The van der Waals surface area contributed by atoms with Crippen molar-refractivity contribution in [1.82, 2.24) is 10.2 Å². The van der Waals surface area contributed by atoms with Crippen molar-refractivity contribution in [3.05, 3.63) is 29.3 Å². The number of amides is 3. The zero-order valence-corrected chi connectivity index (χ0v) is 17.5. The van der Waals surface area contributed by atoms with Gasteiger partial charge in [-0.1, -0.05) is 39.0 Å². The fourth-order valence-electron chi connectivity index (χ4n) is 5.39. The second kappa shape index (κ2) is 6.84. The van der Waals surface area contributed by atoms with E-state index in [1.165, 1.54) is 0 Å². The molecule has 27 heavy (non-hydrogen) atoms. The summed E-state index contributed by atoms with van der Waals surface area (Å²) < 4.78 is 0. The number of anilines is 1. The number of nitrogens with zero attached hydrogens (tertiary/aromatic N) is 1. The van der Waals surface area contributed by atoms with Gasteiger partial charge in [-0.05, 0) is 62.0 Å². The number of carbonyl (C=O) groups is 2. The van der Waals surface area contributed by atoms with E-state index in [0.717, 1.165) is 42.6 Å². The third-order valence-corrected chi connectivity index (χ3v) is 6.14. The van der Waals surface area contributed by atoms with Crippen LogP contribution in [-0.2, 0) is 4.79 Å². The Balaban J connectivity index is 1.64. The van der Waals surface area contributed by atoms with Crippen molar-refractivity contribution in [3.8, 4) is 0 Å². The topological polar surface area (TPSA) is 61.4 Å². The summed E-state index contributed by atoms with van der Waals surface area (Å²) in [5.41, 5.74) is 3.28. The van der Waals surface area contributed by atoms with Crippen molar-refractivity contribution in [2.45, 2.75) is 72.9 Å². The molecule has 148 valence electrons. The van der Waals surface area contributed by atoms with Gasteiger partial charge in [-0.25, -0.2) is 4.79 Å². The van der Waals surface area contributed by atoms with Gasteiger partial charge < -0.3 is 15.5 Å². The number of likely N-dealkylation sites (tertiary alicyclic amines) is 1. The largest absolute Gasteiger partial charge is 0.337 e. The molecule has 1 aliphatic heterocycles. The van der Waals surface area contributed by atoms with Crippen molar-refractivity contribution >= 4 is 17.6 Å². The minimum Gasteiger partial charge on any atom is -0.337 e. The smallest absolute Gasteiger partial charge is 0.319 e. The highest BCUT2D eigenvalue weighted by Crippen LogP contribution is 2.52. The number of aryl methyl sites for hydroxylation is 2. The monoisotopic (exact) mass is 371 g/mol. The summed E-state index contributed by atoms with van der Waals surface area (Å²) in [6, 6.07) is 5.31. The second-order valence-electron chi connectivity index (χ2n) is 9.77. The lowest BCUT2D eigenvalue weighted by Crippen LogP contribution is -2.50. The third-order valence-electron chi connectivity index (χ3n) is 6.14. The molecule has 1 aliphatic carbocycles. The molecule has 5 heteroatoms. The molecule has 1 saturated carbocycles. The molecule has 2 bridgehead atoms. The zero-order valence-electron chi connectivity index (χ0n) is 17.5. The number of urea groups is 1. The molecular formula is C22H33N3O2. The second-order valence-corrected chi connectivity index (χ2v) is 9.77. The molecule has 5 nitrogen and oxygen atoms in total. The number of nitrogens with one attached hydrogen (secondary N) is 2. The quantitative estimate of drug-likeness (QED) is 0.835. The fourth-order valence-corrected chi connectivity index (χ4v) is 5.39. The van der Waals surface area contributed by atoms with Crippen LogP contribution < -0.4 is 10.6 Å². The summed E-state index contributed by atoms with van der Waals surface area (Å²) in [6.07, 6.45) is 3.26. The minimum absolute atomic E-state index is 0.0260. The van der Waals surface area contributed by atoms with Gasteiger partial charge in [-0.2, -0.15) is 0 Å². The Morgan fingerprint density at radius 1 is 1.15 bits per heavy atom. The number of hydrogen-bond donors (Lipinski definition) is 2. The van der Waals surface area contributed by atoms with E-state index in [4.69, 9.17) is 0 Å². The maximum atomic E-state index is 13.0. The van der Waals surface area contributed by atoms with Gasteiger partial charge >= 0.3 is 6.03 Å². The SMILES string of the molecule is Cc1cccc(C)c1NC(=O)NC(C)C(=O)N1CC2(C)CC1CC(C)(C)C2. The summed E-state index contributed by atoms with van der Waals surface area (Å²) in [5.74, 6) is 0.0260. The Morgan fingerprint density at radius 2 is 1.78 bits per heavy atom. The predicted molar refractivity (Wildman–Crippen MR) is 109 cm³/mol. The lowest BCUT2D eigenvalue weighted by molar-refractivity contribution is -0.133. The lowest BCUT2D eigenvalue weighted by Gasteiger charge is -2.39. The molecule has 2 N–H and O–H groups in total. The van der Waals surface area contributed by atoms with Crippen molar-refractivity contribution in [1.29, 1.82) is 0 Å². The molecule has 2 fully saturated rings. The van der Waals surface area contributed by atoms with E-state index in [1.54, 1.807) is 6.92 Å². The first-order valence-electron chi connectivity index (χ1n) is 9.94. The minimum atomic E-state index is -0.541. The van der Waals surface area contributed by atoms with Gasteiger partial charge in [0.05, 0.1) is 0 Å². The molecule has 3 rings (SSSR count). The summed E-state index contributed by atoms with van der Waals surface area (Å²) in [5, 5.41) is 5.73. The molecule has 3 unspecified atom stereocenters. The molecule has 0 aromatic heterocycles. The summed E-state index contributed by atoms with van der Waals surface area (Å²) in [4.78, 5) is 27.5. The number of rotatable bonds is 3. The first kappa shape index (κ1) is 19.7.